The summed E-state index contributed by atoms with van der Waals surface area (Å²) in [5.41, 5.74) is 1.25. The Kier molecular flexibility index (Phi) is 4.68. The third-order valence-corrected chi connectivity index (χ3v) is 4.07. The van der Waals surface area contributed by atoms with Gasteiger partial charge < -0.3 is 0 Å². The van der Waals surface area contributed by atoms with Gasteiger partial charge in [-0.2, -0.15) is 0 Å². The Morgan fingerprint density at radius 3 is 2.94 bits per heavy atom. The van der Waals surface area contributed by atoms with Gasteiger partial charge in [-0.1, -0.05) is 45.7 Å². The molecule has 1 nitrogen and oxygen atoms in total. The largest absolute Gasteiger partial charge is 0.299 e. The number of rotatable bonds is 4. The van der Waals surface area contributed by atoms with Crippen LogP contribution >= 0.6 is 27.5 Å². The second kappa shape index (κ2) is 6.04. The second-order valence-electron chi connectivity index (χ2n) is 4.46. The Labute approximate surface area is 111 Å². The molecule has 1 fully saturated rings. The SMILES string of the molecule is Clc1ccccc1CN1CCC(CCBr)C1. The summed E-state index contributed by atoms with van der Waals surface area (Å²) in [4.78, 5) is 2.51. The van der Waals surface area contributed by atoms with Crippen molar-refractivity contribution in [2.75, 3.05) is 18.4 Å². The maximum absolute atomic E-state index is 6.17. The first-order valence-electron chi connectivity index (χ1n) is 5.81. The molecular weight excluding hydrogens is 286 g/mol. The van der Waals surface area contributed by atoms with Crippen LogP contribution in [0.5, 0.6) is 0 Å². The number of hydrogen-bond donors (Lipinski definition) is 0. The van der Waals surface area contributed by atoms with Crippen LogP contribution in [0, 0.1) is 5.92 Å². The Balaban J connectivity index is 1.90. The molecule has 0 amide bonds. The Morgan fingerprint density at radius 2 is 2.19 bits per heavy atom. The van der Waals surface area contributed by atoms with Gasteiger partial charge in [0, 0.05) is 23.4 Å². The van der Waals surface area contributed by atoms with E-state index in [4.69, 9.17) is 11.6 Å². The van der Waals surface area contributed by atoms with Crippen molar-refractivity contribution >= 4 is 27.5 Å². The maximum Gasteiger partial charge on any atom is 0.0451 e. The van der Waals surface area contributed by atoms with Crippen molar-refractivity contribution in [3.05, 3.63) is 34.9 Å². The molecule has 0 saturated carbocycles. The third-order valence-electron chi connectivity index (χ3n) is 3.24. The molecule has 0 bridgehead atoms. The first-order chi connectivity index (χ1) is 7.79. The summed E-state index contributed by atoms with van der Waals surface area (Å²) >= 11 is 9.68. The van der Waals surface area contributed by atoms with Gasteiger partial charge in [-0.3, -0.25) is 4.90 Å². The molecule has 1 atom stereocenters. The Bertz CT molecular complexity index is 342. The minimum absolute atomic E-state index is 0.863. The average Bonchev–Trinajstić information content (AvgIpc) is 2.70. The van der Waals surface area contributed by atoms with Crippen molar-refractivity contribution < 1.29 is 0 Å². The van der Waals surface area contributed by atoms with Crippen molar-refractivity contribution in [3.8, 4) is 0 Å². The summed E-state index contributed by atoms with van der Waals surface area (Å²) in [6, 6.07) is 8.15. The van der Waals surface area contributed by atoms with Crippen LogP contribution in [0.15, 0.2) is 24.3 Å². The molecule has 0 aliphatic carbocycles. The highest BCUT2D eigenvalue weighted by molar-refractivity contribution is 9.09. The van der Waals surface area contributed by atoms with E-state index in [0.717, 1.165) is 22.8 Å². The van der Waals surface area contributed by atoms with Crippen LogP contribution in [0.3, 0.4) is 0 Å². The molecule has 3 heteroatoms. The van der Waals surface area contributed by atoms with Gasteiger partial charge in [-0.25, -0.2) is 0 Å². The first-order valence-corrected chi connectivity index (χ1v) is 7.31. The van der Waals surface area contributed by atoms with Crippen LogP contribution in [-0.2, 0) is 6.54 Å². The highest BCUT2D eigenvalue weighted by Crippen LogP contribution is 2.24. The van der Waals surface area contributed by atoms with Crippen LogP contribution in [0.25, 0.3) is 0 Å². The molecule has 1 saturated heterocycles. The number of nitrogens with zero attached hydrogens (tertiary/aromatic N) is 1. The number of hydrogen-bond acceptors (Lipinski definition) is 1. The van der Waals surface area contributed by atoms with Crippen molar-refractivity contribution in [2.24, 2.45) is 5.92 Å². The normalized spacial score (nSPS) is 21.5. The van der Waals surface area contributed by atoms with Crippen LogP contribution in [0.4, 0.5) is 0 Å². The molecule has 0 spiro atoms. The summed E-state index contributed by atoms with van der Waals surface area (Å²) < 4.78 is 0. The molecule has 0 N–H and O–H groups in total. The highest BCUT2D eigenvalue weighted by Gasteiger charge is 2.21. The van der Waals surface area contributed by atoms with Gasteiger partial charge in [0.05, 0.1) is 0 Å². The zero-order chi connectivity index (χ0) is 11.4. The van der Waals surface area contributed by atoms with Crippen molar-refractivity contribution in [1.29, 1.82) is 0 Å². The molecule has 0 aromatic heterocycles. The lowest BCUT2D eigenvalue weighted by atomic mass is 10.1. The zero-order valence-electron chi connectivity index (χ0n) is 9.33. The van der Waals surface area contributed by atoms with E-state index in [1.54, 1.807) is 0 Å². The van der Waals surface area contributed by atoms with Crippen LogP contribution in [0.1, 0.15) is 18.4 Å². The quantitative estimate of drug-likeness (QED) is 0.761. The smallest absolute Gasteiger partial charge is 0.0451 e. The molecule has 16 heavy (non-hydrogen) atoms. The third kappa shape index (κ3) is 3.22. The van der Waals surface area contributed by atoms with Crippen LogP contribution in [-0.4, -0.2) is 23.3 Å². The number of alkyl halides is 1. The fraction of sp³-hybridized carbons (Fsp3) is 0.538. The molecule has 88 valence electrons. The molecule has 2 rings (SSSR count). The zero-order valence-corrected chi connectivity index (χ0v) is 11.7. The summed E-state index contributed by atoms with van der Waals surface area (Å²) in [5.74, 6) is 0.863. The topological polar surface area (TPSA) is 3.24 Å². The van der Waals surface area contributed by atoms with E-state index in [1.807, 2.05) is 12.1 Å². The van der Waals surface area contributed by atoms with Crippen LogP contribution in [0.2, 0.25) is 5.02 Å². The highest BCUT2D eigenvalue weighted by atomic mass is 79.9. The molecule has 1 aliphatic heterocycles. The lowest BCUT2D eigenvalue weighted by molar-refractivity contribution is 0.315. The van der Waals surface area contributed by atoms with Crippen LogP contribution < -0.4 is 0 Å². The second-order valence-corrected chi connectivity index (χ2v) is 5.66. The summed E-state index contributed by atoms with van der Waals surface area (Å²) in [5, 5.41) is 2.02. The molecule has 1 unspecified atom stereocenters. The van der Waals surface area contributed by atoms with Gasteiger partial charge >= 0.3 is 0 Å². The summed E-state index contributed by atoms with van der Waals surface area (Å²) in [6.07, 6.45) is 2.62. The molecule has 1 aliphatic rings. The molecular formula is C13H17BrClN. The average molecular weight is 303 g/mol. The Morgan fingerprint density at radius 1 is 1.38 bits per heavy atom. The van der Waals surface area contributed by atoms with E-state index in [2.05, 4.69) is 33.0 Å². The fourth-order valence-corrected chi connectivity index (χ4v) is 3.16. The van der Waals surface area contributed by atoms with E-state index >= 15 is 0 Å². The van der Waals surface area contributed by atoms with Gasteiger partial charge in [-0.15, -0.1) is 0 Å². The number of likely N-dealkylation sites (tertiary alicyclic amines) is 1. The van der Waals surface area contributed by atoms with Gasteiger partial charge in [0.15, 0.2) is 0 Å². The monoisotopic (exact) mass is 301 g/mol. The summed E-state index contributed by atoms with van der Waals surface area (Å²) in [6.45, 7) is 3.43. The lowest BCUT2D eigenvalue weighted by Crippen LogP contribution is -2.20. The van der Waals surface area contributed by atoms with E-state index in [-0.39, 0.29) is 0 Å². The lowest BCUT2D eigenvalue weighted by Gasteiger charge is -2.16. The van der Waals surface area contributed by atoms with Gasteiger partial charge in [-0.05, 0) is 36.9 Å². The Hall–Kier alpha value is -0.0500. The standard InChI is InChI=1S/C13H17BrClN/c14-7-5-11-6-8-16(9-11)10-12-3-1-2-4-13(12)15/h1-4,11H,5-10H2. The fourth-order valence-electron chi connectivity index (χ4n) is 2.31. The van der Waals surface area contributed by atoms with Crippen molar-refractivity contribution in [3.63, 3.8) is 0 Å². The van der Waals surface area contributed by atoms with Crippen molar-refractivity contribution in [1.82, 2.24) is 4.90 Å². The van der Waals surface area contributed by atoms with E-state index in [0.29, 0.717) is 0 Å². The molecule has 0 radical (unpaired) electrons. The number of benzene rings is 1. The molecule has 1 heterocycles. The summed E-state index contributed by atoms with van der Waals surface area (Å²) in [7, 11) is 0. The minimum Gasteiger partial charge on any atom is -0.299 e. The maximum atomic E-state index is 6.17. The minimum atomic E-state index is 0.863. The van der Waals surface area contributed by atoms with E-state index in [1.165, 1.54) is 31.5 Å². The van der Waals surface area contributed by atoms with Gasteiger partial charge in [0.2, 0.25) is 0 Å². The van der Waals surface area contributed by atoms with Gasteiger partial charge in [0.25, 0.3) is 0 Å². The van der Waals surface area contributed by atoms with E-state index < -0.39 is 0 Å². The number of halogens is 2. The molecule has 1 aromatic carbocycles. The predicted molar refractivity (Wildman–Crippen MR) is 73.2 cm³/mol. The predicted octanol–water partition coefficient (Wildman–Crippen LogP) is 3.95. The molecule has 1 aromatic rings. The first kappa shape index (κ1) is 12.4. The van der Waals surface area contributed by atoms with Gasteiger partial charge in [0.1, 0.15) is 0 Å². The van der Waals surface area contributed by atoms with E-state index in [9.17, 15) is 0 Å². The van der Waals surface area contributed by atoms with Crippen molar-refractivity contribution in [2.45, 2.75) is 19.4 Å².